The molecule has 0 radical (unpaired) electrons. The minimum absolute atomic E-state index is 0.0948. The Morgan fingerprint density at radius 1 is 1.19 bits per heavy atom. The lowest BCUT2D eigenvalue weighted by Crippen LogP contribution is -2.29. The maximum Gasteiger partial charge on any atom is 0.338 e. The van der Waals surface area contributed by atoms with Crippen LogP contribution in [0.4, 0.5) is 5.69 Å². The number of carbonyl (C=O) groups is 2. The molecule has 0 fully saturated rings. The van der Waals surface area contributed by atoms with E-state index in [-0.39, 0.29) is 18.4 Å². The summed E-state index contributed by atoms with van der Waals surface area (Å²) in [7, 11) is 0. The van der Waals surface area contributed by atoms with Gasteiger partial charge in [-0.15, -0.1) is 0 Å². The molecule has 1 amide bonds. The van der Waals surface area contributed by atoms with Gasteiger partial charge in [-0.05, 0) is 50.1 Å². The fraction of sp³-hybridized carbons (Fsp3) is 0.500. The Hall–Kier alpha value is -1.88. The van der Waals surface area contributed by atoms with Crippen LogP contribution in [0.3, 0.4) is 0 Å². The van der Waals surface area contributed by atoms with Crippen LogP contribution >= 0.6 is 0 Å². The molecule has 0 spiro atoms. The van der Waals surface area contributed by atoms with Gasteiger partial charge in [0.25, 0.3) is 0 Å². The molecular weight excluding hydrogens is 268 g/mol. The first-order valence-electron chi connectivity index (χ1n) is 7.30. The van der Waals surface area contributed by atoms with Crippen molar-refractivity contribution in [3.8, 4) is 0 Å². The summed E-state index contributed by atoms with van der Waals surface area (Å²) < 4.78 is 4.90. The van der Waals surface area contributed by atoms with Crippen molar-refractivity contribution in [1.29, 1.82) is 0 Å². The molecular formula is C16H24N2O3. The fourth-order valence-electron chi connectivity index (χ4n) is 1.70. The number of anilines is 1. The second kappa shape index (κ2) is 9.13. The Labute approximate surface area is 126 Å². The summed E-state index contributed by atoms with van der Waals surface area (Å²) in [6, 6.07) is 6.66. The van der Waals surface area contributed by atoms with Crippen molar-refractivity contribution >= 4 is 17.6 Å². The van der Waals surface area contributed by atoms with Crippen LogP contribution in [0.2, 0.25) is 0 Å². The maximum atomic E-state index is 11.7. The molecule has 0 unspecified atom stereocenters. The van der Waals surface area contributed by atoms with Gasteiger partial charge in [0.1, 0.15) is 0 Å². The van der Waals surface area contributed by atoms with Crippen LogP contribution in [0.15, 0.2) is 24.3 Å². The number of nitrogens with one attached hydrogen (secondary N) is 2. The van der Waals surface area contributed by atoms with Crippen molar-refractivity contribution < 1.29 is 14.3 Å². The summed E-state index contributed by atoms with van der Waals surface area (Å²) in [5.41, 5.74) is 1.14. The smallest absolute Gasteiger partial charge is 0.338 e. The van der Waals surface area contributed by atoms with Crippen LogP contribution in [0.5, 0.6) is 0 Å². The zero-order chi connectivity index (χ0) is 15.7. The van der Waals surface area contributed by atoms with E-state index in [2.05, 4.69) is 24.5 Å². The zero-order valence-corrected chi connectivity index (χ0v) is 12.9. The lowest BCUT2D eigenvalue weighted by molar-refractivity contribution is -0.115. The molecule has 1 aromatic carbocycles. The highest BCUT2D eigenvalue weighted by atomic mass is 16.5. The van der Waals surface area contributed by atoms with E-state index in [1.807, 2.05) is 0 Å². The molecule has 2 N–H and O–H groups in total. The number of ether oxygens (including phenoxy) is 1. The van der Waals surface area contributed by atoms with Gasteiger partial charge in [0.15, 0.2) is 0 Å². The van der Waals surface area contributed by atoms with E-state index in [0.717, 1.165) is 13.0 Å². The van der Waals surface area contributed by atoms with Gasteiger partial charge in [0, 0.05) is 5.69 Å². The summed E-state index contributed by atoms with van der Waals surface area (Å²) in [6.45, 7) is 7.51. The van der Waals surface area contributed by atoms with Crippen LogP contribution in [-0.4, -0.2) is 31.6 Å². The summed E-state index contributed by atoms with van der Waals surface area (Å²) >= 11 is 0. The van der Waals surface area contributed by atoms with Crippen LogP contribution in [0, 0.1) is 5.92 Å². The highest BCUT2D eigenvalue weighted by molar-refractivity contribution is 5.93. The van der Waals surface area contributed by atoms with Crippen molar-refractivity contribution in [3.63, 3.8) is 0 Å². The molecule has 1 rings (SSSR count). The van der Waals surface area contributed by atoms with Gasteiger partial charge in [0.2, 0.25) is 5.91 Å². The normalized spacial score (nSPS) is 10.5. The van der Waals surface area contributed by atoms with E-state index in [1.54, 1.807) is 31.2 Å². The Morgan fingerprint density at radius 2 is 1.86 bits per heavy atom. The standard InChI is InChI=1S/C16H24N2O3/c1-4-21-16(20)13-5-7-14(8-6-13)18-15(19)11-17-10-9-12(2)3/h5-8,12,17H,4,9-11H2,1-3H3,(H,18,19). The molecule has 0 aromatic heterocycles. The van der Waals surface area contributed by atoms with Crippen LogP contribution in [0.25, 0.3) is 0 Å². The van der Waals surface area contributed by atoms with Gasteiger partial charge in [-0.2, -0.15) is 0 Å². The molecule has 1 aromatic rings. The predicted octanol–water partition coefficient (Wildman–Crippen LogP) is 2.44. The number of benzene rings is 1. The van der Waals surface area contributed by atoms with E-state index in [0.29, 0.717) is 23.8 Å². The molecule has 0 aliphatic carbocycles. The van der Waals surface area contributed by atoms with Crippen molar-refractivity contribution in [2.24, 2.45) is 5.92 Å². The van der Waals surface area contributed by atoms with Crippen molar-refractivity contribution in [2.45, 2.75) is 27.2 Å². The highest BCUT2D eigenvalue weighted by Gasteiger charge is 2.07. The van der Waals surface area contributed by atoms with Crippen LogP contribution in [0.1, 0.15) is 37.6 Å². The number of hydrogen-bond acceptors (Lipinski definition) is 4. The molecule has 0 atom stereocenters. The molecule has 0 saturated heterocycles. The second-order valence-corrected chi connectivity index (χ2v) is 5.21. The molecule has 5 nitrogen and oxygen atoms in total. The number of rotatable bonds is 8. The lowest BCUT2D eigenvalue weighted by Gasteiger charge is -2.08. The first-order chi connectivity index (χ1) is 10.0. The van der Waals surface area contributed by atoms with Gasteiger partial charge in [-0.3, -0.25) is 4.79 Å². The number of carbonyl (C=O) groups excluding carboxylic acids is 2. The van der Waals surface area contributed by atoms with Crippen molar-refractivity contribution in [2.75, 3.05) is 25.0 Å². The average Bonchev–Trinajstić information content (AvgIpc) is 2.44. The van der Waals surface area contributed by atoms with Crippen LogP contribution < -0.4 is 10.6 Å². The summed E-state index contributed by atoms with van der Waals surface area (Å²) in [6.07, 6.45) is 1.04. The van der Waals surface area contributed by atoms with Crippen LogP contribution in [-0.2, 0) is 9.53 Å². The monoisotopic (exact) mass is 292 g/mol. The number of hydrogen-bond donors (Lipinski definition) is 2. The van der Waals surface area contributed by atoms with E-state index < -0.39 is 0 Å². The molecule has 5 heteroatoms. The van der Waals surface area contributed by atoms with Crippen molar-refractivity contribution in [1.82, 2.24) is 5.32 Å². The quantitative estimate of drug-likeness (QED) is 0.570. The third-order valence-corrected chi connectivity index (χ3v) is 2.86. The molecule has 116 valence electrons. The largest absolute Gasteiger partial charge is 0.462 e. The summed E-state index contributed by atoms with van der Waals surface area (Å²) in [4.78, 5) is 23.2. The van der Waals surface area contributed by atoms with E-state index in [4.69, 9.17) is 4.74 Å². The van der Waals surface area contributed by atoms with E-state index in [1.165, 1.54) is 0 Å². The Balaban J connectivity index is 2.37. The van der Waals surface area contributed by atoms with E-state index >= 15 is 0 Å². The van der Waals surface area contributed by atoms with Gasteiger partial charge >= 0.3 is 5.97 Å². The third kappa shape index (κ3) is 6.90. The summed E-state index contributed by atoms with van der Waals surface area (Å²) in [5.74, 6) is 0.171. The highest BCUT2D eigenvalue weighted by Crippen LogP contribution is 2.10. The molecule has 0 bridgehead atoms. The Bertz CT molecular complexity index is 455. The maximum absolute atomic E-state index is 11.7. The average molecular weight is 292 g/mol. The Kier molecular flexibility index (Phi) is 7.46. The van der Waals surface area contributed by atoms with Crippen molar-refractivity contribution in [3.05, 3.63) is 29.8 Å². The second-order valence-electron chi connectivity index (χ2n) is 5.21. The minimum Gasteiger partial charge on any atom is -0.462 e. The predicted molar refractivity (Wildman–Crippen MR) is 83.4 cm³/mol. The lowest BCUT2D eigenvalue weighted by atomic mass is 10.1. The van der Waals surface area contributed by atoms with Gasteiger partial charge in [0.05, 0.1) is 18.7 Å². The zero-order valence-electron chi connectivity index (χ0n) is 12.9. The molecule has 21 heavy (non-hydrogen) atoms. The number of amides is 1. The first kappa shape index (κ1) is 17.2. The topological polar surface area (TPSA) is 67.4 Å². The molecule has 0 aliphatic heterocycles. The summed E-state index contributed by atoms with van der Waals surface area (Å²) in [5, 5.41) is 5.87. The fourth-order valence-corrected chi connectivity index (χ4v) is 1.70. The minimum atomic E-state index is -0.356. The Morgan fingerprint density at radius 3 is 2.43 bits per heavy atom. The third-order valence-electron chi connectivity index (χ3n) is 2.86. The molecule has 0 aliphatic rings. The van der Waals surface area contributed by atoms with Gasteiger partial charge in [-0.25, -0.2) is 4.79 Å². The van der Waals surface area contributed by atoms with Gasteiger partial charge in [-0.1, -0.05) is 13.8 Å². The number of esters is 1. The molecule has 0 saturated carbocycles. The molecule has 0 heterocycles. The first-order valence-corrected chi connectivity index (χ1v) is 7.30. The van der Waals surface area contributed by atoms with E-state index in [9.17, 15) is 9.59 Å². The SMILES string of the molecule is CCOC(=O)c1ccc(NC(=O)CNCCC(C)C)cc1. The van der Waals surface area contributed by atoms with Gasteiger partial charge < -0.3 is 15.4 Å².